The number of hydrogen-bond acceptors (Lipinski definition) is 3. The number of carbonyl (C=O) groups excluding carboxylic acids is 1. The molecule has 1 aliphatic rings. The Hall–Kier alpha value is -0.490. The summed E-state index contributed by atoms with van der Waals surface area (Å²) in [6, 6.07) is 2.60. The molecule has 1 aromatic carbocycles. The van der Waals surface area contributed by atoms with E-state index in [-0.39, 0.29) is 32.5 Å². The molecule has 0 spiro atoms. The number of amides is 1. The van der Waals surface area contributed by atoms with Gasteiger partial charge in [-0.25, -0.2) is 8.42 Å². The first-order valence-electron chi connectivity index (χ1n) is 5.98. The SMILES string of the molecule is CCC1CC1NC(=O)c1cc(Cl)c(Cl)c(S(=O)(=O)Cl)c1. The number of rotatable bonds is 4. The van der Waals surface area contributed by atoms with Crippen LogP contribution in [-0.4, -0.2) is 20.4 Å². The van der Waals surface area contributed by atoms with Gasteiger partial charge < -0.3 is 5.32 Å². The highest BCUT2D eigenvalue weighted by molar-refractivity contribution is 8.13. The van der Waals surface area contributed by atoms with Gasteiger partial charge in [-0.3, -0.25) is 4.79 Å². The molecular formula is C12H12Cl3NO3S. The molecule has 0 radical (unpaired) electrons. The van der Waals surface area contributed by atoms with Crippen LogP contribution in [0.5, 0.6) is 0 Å². The van der Waals surface area contributed by atoms with Gasteiger partial charge in [-0.15, -0.1) is 0 Å². The molecule has 2 rings (SSSR count). The number of nitrogens with one attached hydrogen (secondary N) is 1. The summed E-state index contributed by atoms with van der Waals surface area (Å²) in [6.45, 7) is 2.05. The van der Waals surface area contributed by atoms with Crippen molar-refractivity contribution in [1.82, 2.24) is 5.32 Å². The van der Waals surface area contributed by atoms with E-state index in [0.717, 1.165) is 18.9 Å². The third kappa shape index (κ3) is 3.39. The Morgan fingerprint density at radius 1 is 1.40 bits per heavy atom. The van der Waals surface area contributed by atoms with Gasteiger partial charge in [0, 0.05) is 22.3 Å². The number of halogens is 3. The molecule has 1 N–H and O–H groups in total. The Kier molecular flexibility index (Phi) is 4.54. The minimum Gasteiger partial charge on any atom is -0.349 e. The van der Waals surface area contributed by atoms with Crippen LogP contribution in [0.4, 0.5) is 0 Å². The zero-order chi connectivity index (χ0) is 15.1. The Bertz CT molecular complexity index is 660. The van der Waals surface area contributed by atoms with E-state index in [9.17, 15) is 13.2 Å². The Morgan fingerprint density at radius 3 is 2.55 bits per heavy atom. The quantitative estimate of drug-likeness (QED) is 0.840. The van der Waals surface area contributed by atoms with Crippen molar-refractivity contribution in [2.45, 2.75) is 30.7 Å². The van der Waals surface area contributed by atoms with Gasteiger partial charge in [0.25, 0.3) is 15.0 Å². The molecule has 1 aliphatic carbocycles. The molecule has 0 saturated heterocycles. The first-order valence-corrected chi connectivity index (χ1v) is 9.05. The van der Waals surface area contributed by atoms with E-state index >= 15 is 0 Å². The summed E-state index contributed by atoms with van der Waals surface area (Å²) >= 11 is 11.6. The lowest BCUT2D eigenvalue weighted by Gasteiger charge is -2.08. The second kappa shape index (κ2) is 5.72. The summed E-state index contributed by atoms with van der Waals surface area (Å²) in [4.78, 5) is 11.7. The maximum atomic E-state index is 12.0. The van der Waals surface area contributed by atoms with E-state index < -0.39 is 9.05 Å². The fourth-order valence-corrected chi connectivity index (χ4v) is 3.76. The van der Waals surface area contributed by atoms with Crippen molar-refractivity contribution in [2.24, 2.45) is 5.92 Å². The Balaban J connectivity index is 2.29. The van der Waals surface area contributed by atoms with E-state index in [1.807, 2.05) is 6.92 Å². The average Bonchev–Trinajstić information content (AvgIpc) is 3.09. The van der Waals surface area contributed by atoms with Crippen molar-refractivity contribution >= 4 is 48.8 Å². The van der Waals surface area contributed by atoms with Crippen LogP contribution >= 0.6 is 33.9 Å². The maximum absolute atomic E-state index is 12.0. The zero-order valence-electron chi connectivity index (χ0n) is 10.5. The topological polar surface area (TPSA) is 63.2 Å². The lowest BCUT2D eigenvalue weighted by atomic mass is 10.2. The molecule has 4 nitrogen and oxygen atoms in total. The predicted molar refractivity (Wildman–Crippen MR) is 79.2 cm³/mol. The second-order valence-electron chi connectivity index (χ2n) is 4.69. The number of benzene rings is 1. The fourth-order valence-electron chi connectivity index (χ4n) is 2.00. The van der Waals surface area contributed by atoms with Crippen molar-refractivity contribution in [3.05, 3.63) is 27.7 Å². The van der Waals surface area contributed by atoms with Crippen LogP contribution in [0.2, 0.25) is 10.0 Å². The van der Waals surface area contributed by atoms with Gasteiger partial charge in [-0.1, -0.05) is 36.5 Å². The Labute approximate surface area is 131 Å². The molecule has 1 aromatic rings. The molecule has 8 heteroatoms. The van der Waals surface area contributed by atoms with E-state index in [2.05, 4.69) is 5.32 Å². The van der Waals surface area contributed by atoms with Crippen LogP contribution in [0.1, 0.15) is 30.1 Å². The van der Waals surface area contributed by atoms with Crippen molar-refractivity contribution in [1.29, 1.82) is 0 Å². The first-order chi connectivity index (χ1) is 9.24. The summed E-state index contributed by atoms with van der Waals surface area (Å²) in [5.41, 5.74) is 0.125. The molecule has 2 unspecified atom stereocenters. The van der Waals surface area contributed by atoms with Crippen LogP contribution in [0.3, 0.4) is 0 Å². The van der Waals surface area contributed by atoms with Gasteiger partial charge in [0.05, 0.1) is 10.0 Å². The fraction of sp³-hybridized carbons (Fsp3) is 0.417. The van der Waals surface area contributed by atoms with Crippen molar-refractivity contribution in [2.75, 3.05) is 0 Å². The van der Waals surface area contributed by atoms with Gasteiger partial charge in [-0.2, -0.15) is 0 Å². The molecule has 20 heavy (non-hydrogen) atoms. The van der Waals surface area contributed by atoms with E-state index in [1.54, 1.807) is 0 Å². The van der Waals surface area contributed by atoms with Crippen molar-refractivity contribution in [3.63, 3.8) is 0 Å². The lowest BCUT2D eigenvalue weighted by molar-refractivity contribution is 0.0949. The molecule has 1 fully saturated rings. The highest BCUT2D eigenvalue weighted by atomic mass is 35.7. The molecule has 1 saturated carbocycles. The normalized spacial score (nSPS) is 21.6. The van der Waals surface area contributed by atoms with Gasteiger partial charge in [0.1, 0.15) is 4.90 Å². The molecule has 0 aliphatic heterocycles. The maximum Gasteiger partial charge on any atom is 0.262 e. The number of carbonyl (C=O) groups is 1. The van der Waals surface area contributed by atoms with Crippen LogP contribution in [0, 0.1) is 5.92 Å². The lowest BCUT2D eigenvalue weighted by Crippen LogP contribution is -2.27. The van der Waals surface area contributed by atoms with Crippen molar-refractivity contribution in [3.8, 4) is 0 Å². The Morgan fingerprint density at radius 2 is 2.05 bits per heavy atom. The van der Waals surface area contributed by atoms with E-state index in [4.69, 9.17) is 33.9 Å². The monoisotopic (exact) mass is 355 g/mol. The van der Waals surface area contributed by atoms with Crippen LogP contribution in [0.25, 0.3) is 0 Å². The second-order valence-corrected chi connectivity index (χ2v) is 8.01. The average molecular weight is 357 g/mol. The van der Waals surface area contributed by atoms with Gasteiger partial charge >= 0.3 is 0 Å². The molecule has 1 amide bonds. The molecule has 0 heterocycles. The van der Waals surface area contributed by atoms with Gasteiger partial charge in [0.2, 0.25) is 0 Å². The van der Waals surface area contributed by atoms with Gasteiger partial charge in [0.15, 0.2) is 0 Å². The smallest absolute Gasteiger partial charge is 0.262 e. The van der Waals surface area contributed by atoms with Crippen LogP contribution in [-0.2, 0) is 9.05 Å². The summed E-state index contributed by atoms with van der Waals surface area (Å²) in [7, 11) is 1.21. The molecule has 0 bridgehead atoms. The molecule has 2 atom stereocenters. The third-order valence-electron chi connectivity index (χ3n) is 3.28. The first kappa shape index (κ1) is 15.9. The highest BCUT2D eigenvalue weighted by Crippen LogP contribution is 2.35. The highest BCUT2D eigenvalue weighted by Gasteiger charge is 2.36. The van der Waals surface area contributed by atoms with Crippen molar-refractivity contribution < 1.29 is 13.2 Å². The minimum absolute atomic E-state index is 0.0265. The third-order valence-corrected chi connectivity index (χ3v) is 5.54. The largest absolute Gasteiger partial charge is 0.349 e. The van der Waals surface area contributed by atoms with E-state index in [0.29, 0.717) is 5.92 Å². The summed E-state index contributed by atoms with van der Waals surface area (Å²) in [5, 5.41) is 2.61. The predicted octanol–water partition coefficient (Wildman–Crippen LogP) is 3.45. The zero-order valence-corrected chi connectivity index (χ0v) is 13.6. The summed E-state index contributed by atoms with van der Waals surface area (Å²) in [6.07, 6.45) is 1.93. The van der Waals surface area contributed by atoms with Gasteiger partial charge in [-0.05, 0) is 24.5 Å². The summed E-state index contributed by atoms with van der Waals surface area (Å²) < 4.78 is 22.8. The number of hydrogen-bond donors (Lipinski definition) is 1. The van der Waals surface area contributed by atoms with Crippen LogP contribution < -0.4 is 5.32 Å². The minimum atomic E-state index is -4.06. The van der Waals surface area contributed by atoms with Crippen LogP contribution in [0.15, 0.2) is 17.0 Å². The standard InChI is InChI=1S/C12H12Cl3NO3S/c1-2-6-4-9(6)16-12(17)7-3-8(13)11(14)10(5-7)20(15,18)19/h3,5-6,9H,2,4H2,1H3,(H,16,17). The molecule has 110 valence electrons. The molecule has 0 aromatic heterocycles. The molecular weight excluding hydrogens is 345 g/mol. The van der Waals surface area contributed by atoms with E-state index in [1.165, 1.54) is 6.07 Å². The summed E-state index contributed by atoms with van der Waals surface area (Å²) in [5.74, 6) is 0.101.